The molecule has 2 N–H and O–H groups in total. The van der Waals surface area contributed by atoms with Gasteiger partial charge in [-0.15, -0.1) is 0 Å². The predicted octanol–water partition coefficient (Wildman–Crippen LogP) is 6.00. The SMILES string of the molecule is COc1ccc(C)cc1C1(C2=CC(C)CC=C2)CCN(CCCNC(=O)N2C(=O)NCC2c2ccc(F)c(F)c2)CC1. The Bertz CT molecular complexity index is 1380. The molecule has 2 fully saturated rings. The summed E-state index contributed by atoms with van der Waals surface area (Å²) in [4.78, 5) is 28.8. The number of urea groups is 2. The largest absolute Gasteiger partial charge is 0.496 e. The Morgan fingerprint density at radius 3 is 2.64 bits per heavy atom. The van der Waals surface area contributed by atoms with Crippen LogP contribution in [0.15, 0.2) is 60.2 Å². The lowest BCUT2D eigenvalue weighted by Gasteiger charge is -2.45. The molecule has 2 saturated heterocycles. The first-order chi connectivity index (χ1) is 20.2. The Morgan fingerprint density at radius 2 is 1.93 bits per heavy atom. The van der Waals surface area contributed by atoms with E-state index in [0.717, 1.165) is 68.1 Å². The fourth-order valence-corrected chi connectivity index (χ4v) is 6.53. The van der Waals surface area contributed by atoms with Crippen molar-refractivity contribution in [2.75, 3.05) is 39.8 Å². The molecule has 2 unspecified atom stereocenters. The van der Waals surface area contributed by atoms with E-state index < -0.39 is 29.7 Å². The average molecular weight is 579 g/mol. The third kappa shape index (κ3) is 6.07. The highest BCUT2D eigenvalue weighted by Crippen LogP contribution is 2.47. The number of ether oxygens (including phenoxy) is 1. The molecule has 0 aromatic heterocycles. The van der Waals surface area contributed by atoms with E-state index in [1.165, 1.54) is 22.8 Å². The van der Waals surface area contributed by atoms with Gasteiger partial charge in [0.2, 0.25) is 0 Å². The maximum atomic E-state index is 13.8. The first kappa shape index (κ1) is 29.8. The number of carbonyl (C=O) groups excluding carboxylic acids is 2. The quantitative estimate of drug-likeness (QED) is 0.377. The molecule has 7 nitrogen and oxygen atoms in total. The van der Waals surface area contributed by atoms with Crippen LogP contribution in [0.2, 0.25) is 0 Å². The topological polar surface area (TPSA) is 73.9 Å². The molecule has 2 heterocycles. The number of benzene rings is 2. The lowest BCUT2D eigenvalue weighted by molar-refractivity contribution is 0.172. The van der Waals surface area contributed by atoms with Gasteiger partial charge in [0, 0.05) is 24.1 Å². The van der Waals surface area contributed by atoms with Crippen molar-refractivity contribution in [2.45, 2.75) is 51.0 Å². The molecule has 224 valence electrons. The zero-order valence-electron chi connectivity index (χ0n) is 24.6. The van der Waals surface area contributed by atoms with Crippen molar-refractivity contribution >= 4 is 12.1 Å². The minimum absolute atomic E-state index is 0.120. The monoisotopic (exact) mass is 578 g/mol. The van der Waals surface area contributed by atoms with Crippen LogP contribution >= 0.6 is 0 Å². The fourth-order valence-electron chi connectivity index (χ4n) is 6.53. The lowest BCUT2D eigenvalue weighted by Crippen LogP contribution is -2.46. The fraction of sp³-hybridized carbons (Fsp3) is 0.455. The molecular formula is C33H40F2N4O3. The van der Waals surface area contributed by atoms with Crippen LogP contribution in [0.1, 0.15) is 55.3 Å². The summed E-state index contributed by atoms with van der Waals surface area (Å²) in [6.45, 7) is 7.56. The number of halogens is 2. The molecule has 0 radical (unpaired) electrons. The van der Waals surface area contributed by atoms with E-state index in [1.807, 2.05) is 0 Å². The second kappa shape index (κ2) is 12.7. The van der Waals surface area contributed by atoms with Gasteiger partial charge in [-0.2, -0.15) is 0 Å². The van der Waals surface area contributed by atoms with Gasteiger partial charge in [-0.05, 0) is 87.5 Å². The van der Waals surface area contributed by atoms with E-state index >= 15 is 0 Å². The molecule has 2 atom stereocenters. The Hall–Kier alpha value is -3.72. The molecule has 2 aromatic carbocycles. The van der Waals surface area contributed by atoms with Crippen LogP contribution in [0, 0.1) is 24.5 Å². The molecule has 5 rings (SSSR count). The summed E-state index contributed by atoms with van der Waals surface area (Å²) < 4.78 is 33.0. The molecule has 3 aliphatic rings. The number of aryl methyl sites for hydroxylation is 1. The number of imide groups is 1. The number of amides is 4. The number of nitrogens with zero attached hydrogens (tertiary/aromatic N) is 2. The molecule has 0 spiro atoms. The minimum atomic E-state index is -1.01. The third-order valence-corrected chi connectivity index (χ3v) is 8.85. The second-order valence-corrected chi connectivity index (χ2v) is 11.7. The highest BCUT2D eigenvalue weighted by Gasteiger charge is 2.41. The number of likely N-dealkylation sites (tertiary alicyclic amines) is 1. The summed E-state index contributed by atoms with van der Waals surface area (Å²) in [5.74, 6) is -0.555. The number of piperidine rings is 1. The number of carbonyl (C=O) groups is 2. The molecule has 4 amide bonds. The van der Waals surface area contributed by atoms with Gasteiger partial charge in [-0.3, -0.25) is 0 Å². The number of rotatable bonds is 8. The van der Waals surface area contributed by atoms with Gasteiger partial charge in [0.05, 0.1) is 13.2 Å². The Morgan fingerprint density at radius 1 is 1.14 bits per heavy atom. The third-order valence-electron chi connectivity index (χ3n) is 8.85. The van der Waals surface area contributed by atoms with E-state index in [9.17, 15) is 18.4 Å². The van der Waals surface area contributed by atoms with Gasteiger partial charge >= 0.3 is 12.1 Å². The van der Waals surface area contributed by atoms with Crippen LogP contribution in [-0.2, 0) is 5.41 Å². The summed E-state index contributed by atoms with van der Waals surface area (Å²) in [5.41, 5.74) is 4.08. The molecule has 2 aromatic rings. The summed E-state index contributed by atoms with van der Waals surface area (Å²) in [6.07, 6.45) is 10.7. The average Bonchev–Trinajstić information content (AvgIpc) is 3.38. The maximum Gasteiger partial charge on any atom is 0.326 e. The highest BCUT2D eigenvalue weighted by atomic mass is 19.2. The van der Waals surface area contributed by atoms with Crippen LogP contribution in [-0.4, -0.2) is 61.7 Å². The van der Waals surface area contributed by atoms with E-state index in [2.05, 4.69) is 65.8 Å². The van der Waals surface area contributed by atoms with E-state index in [-0.39, 0.29) is 12.0 Å². The first-order valence-electron chi connectivity index (χ1n) is 14.8. The second-order valence-electron chi connectivity index (χ2n) is 11.7. The highest BCUT2D eigenvalue weighted by molar-refractivity contribution is 5.95. The number of allylic oxidation sites excluding steroid dienone is 4. The summed E-state index contributed by atoms with van der Waals surface area (Å²) in [7, 11) is 1.74. The molecule has 0 bridgehead atoms. The van der Waals surface area contributed by atoms with Crippen molar-refractivity contribution < 1.29 is 23.1 Å². The van der Waals surface area contributed by atoms with Crippen molar-refractivity contribution in [1.82, 2.24) is 20.4 Å². The Labute approximate surface area is 246 Å². The van der Waals surface area contributed by atoms with Gasteiger partial charge in [0.1, 0.15) is 5.75 Å². The molecule has 9 heteroatoms. The van der Waals surface area contributed by atoms with Crippen LogP contribution in [0.3, 0.4) is 0 Å². The molecule has 2 aliphatic heterocycles. The lowest BCUT2D eigenvalue weighted by atomic mass is 9.65. The van der Waals surface area contributed by atoms with Crippen LogP contribution in [0.4, 0.5) is 18.4 Å². The van der Waals surface area contributed by atoms with Gasteiger partial charge in [-0.1, -0.05) is 48.9 Å². The van der Waals surface area contributed by atoms with Crippen LogP contribution < -0.4 is 15.4 Å². The normalized spacial score (nSPS) is 22.1. The molecular weight excluding hydrogens is 538 g/mol. The van der Waals surface area contributed by atoms with Crippen molar-refractivity contribution in [3.63, 3.8) is 0 Å². The smallest absolute Gasteiger partial charge is 0.326 e. The van der Waals surface area contributed by atoms with Crippen molar-refractivity contribution in [2.24, 2.45) is 5.92 Å². The number of methoxy groups -OCH3 is 1. The van der Waals surface area contributed by atoms with Crippen LogP contribution in [0.5, 0.6) is 5.75 Å². The van der Waals surface area contributed by atoms with Gasteiger partial charge in [-0.25, -0.2) is 23.3 Å². The Kier molecular flexibility index (Phi) is 8.96. The van der Waals surface area contributed by atoms with Gasteiger partial charge in [0.15, 0.2) is 11.6 Å². The predicted molar refractivity (Wildman–Crippen MR) is 158 cm³/mol. The number of hydrogen-bond donors (Lipinski definition) is 2. The minimum Gasteiger partial charge on any atom is -0.496 e. The van der Waals surface area contributed by atoms with E-state index in [4.69, 9.17) is 4.74 Å². The first-order valence-corrected chi connectivity index (χ1v) is 14.8. The van der Waals surface area contributed by atoms with Crippen molar-refractivity contribution in [3.8, 4) is 5.75 Å². The standard InChI is InChI=1S/C33H40F2N4O3/c1-22-6-4-7-25(18-22)33(26-19-23(2)8-11-30(26)42-3)12-16-38(17-13-33)15-5-14-36-31(40)39-29(21-37-32(39)41)24-9-10-27(34)28(35)20-24/h4,7-11,18-20,22,29H,5-6,12-17,21H2,1-3H3,(H,36,40)(H,37,41). The maximum absolute atomic E-state index is 13.8. The summed E-state index contributed by atoms with van der Waals surface area (Å²) in [6, 6.07) is 8.08. The van der Waals surface area contributed by atoms with Crippen molar-refractivity contribution in [1.29, 1.82) is 0 Å². The van der Waals surface area contributed by atoms with Gasteiger partial charge < -0.3 is 20.3 Å². The Balaban J connectivity index is 1.19. The van der Waals surface area contributed by atoms with E-state index in [1.54, 1.807) is 7.11 Å². The summed E-state index contributed by atoms with van der Waals surface area (Å²) in [5, 5.41) is 5.46. The van der Waals surface area contributed by atoms with Crippen LogP contribution in [0.25, 0.3) is 0 Å². The summed E-state index contributed by atoms with van der Waals surface area (Å²) >= 11 is 0. The number of nitrogens with one attached hydrogen (secondary N) is 2. The van der Waals surface area contributed by atoms with Gasteiger partial charge in [0.25, 0.3) is 0 Å². The molecule has 0 saturated carbocycles. The zero-order valence-corrected chi connectivity index (χ0v) is 24.6. The number of hydrogen-bond acceptors (Lipinski definition) is 4. The molecule has 1 aliphatic carbocycles. The van der Waals surface area contributed by atoms with E-state index in [0.29, 0.717) is 18.0 Å². The van der Waals surface area contributed by atoms with Crippen molar-refractivity contribution in [3.05, 3.63) is 88.5 Å². The zero-order chi connectivity index (χ0) is 29.9. The molecule has 42 heavy (non-hydrogen) atoms.